The quantitative estimate of drug-likeness (QED) is 0.650. The molecular formula is C14H10Br2N2O2. The first kappa shape index (κ1) is 13.6. The Kier molecular flexibility index (Phi) is 3.52. The third kappa shape index (κ3) is 2.23. The molecule has 0 spiro atoms. The number of nitrogens with zero attached hydrogens (tertiary/aromatic N) is 2. The topological polar surface area (TPSA) is 55.2 Å². The number of aromatic nitrogens is 2. The summed E-state index contributed by atoms with van der Waals surface area (Å²) in [6.07, 6.45) is 0. The van der Waals surface area contributed by atoms with Gasteiger partial charge in [-0.2, -0.15) is 0 Å². The summed E-state index contributed by atoms with van der Waals surface area (Å²) in [5.74, 6) is 0.845. The van der Waals surface area contributed by atoms with E-state index in [2.05, 4.69) is 41.8 Å². The number of phenolic OH excluding ortho intramolecular Hbond substituents is 1. The number of rotatable bonds is 2. The minimum Gasteiger partial charge on any atom is -0.504 e. The van der Waals surface area contributed by atoms with E-state index in [1.807, 2.05) is 25.1 Å². The molecule has 2 aromatic carbocycles. The van der Waals surface area contributed by atoms with Crippen LogP contribution in [0.4, 0.5) is 0 Å². The maximum atomic E-state index is 10.1. The SMILES string of the molecule is CCOc1ccc2nc3c(O)c(Br)cc(Br)c3nc2c1. The molecule has 4 nitrogen and oxygen atoms in total. The van der Waals surface area contributed by atoms with Crippen LogP contribution in [0.1, 0.15) is 6.92 Å². The molecule has 3 rings (SSSR count). The van der Waals surface area contributed by atoms with E-state index in [4.69, 9.17) is 4.74 Å². The number of hydrogen-bond acceptors (Lipinski definition) is 4. The van der Waals surface area contributed by atoms with E-state index in [9.17, 15) is 5.11 Å². The number of halogens is 2. The summed E-state index contributed by atoms with van der Waals surface area (Å²) in [6.45, 7) is 2.53. The first-order valence-corrected chi connectivity index (χ1v) is 7.60. The summed E-state index contributed by atoms with van der Waals surface area (Å²) >= 11 is 6.74. The predicted octanol–water partition coefficient (Wildman–Crippen LogP) is 4.41. The Bertz CT molecular complexity index is 821. The Morgan fingerprint density at radius 1 is 1.05 bits per heavy atom. The van der Waals surface area contributed by atoms with Crippen molar-refractivity contribution in [2.24, 2.45) is 0 Å². The third-order valence-electron chi connectivity index (χ3n) is 2.88. The number of aromatic hydroxyl groups is 1. The molecular weight excluding hydrogens is 388 g/mol. The molecule has 0 unspecified atom stereocenters. The van der Waals surface area contributed by atoms with Crippen molar-refractivity contribution in [3.8, 4) is 11.5 Å². The lowest BCUT2D eigenvalue weighted by Crippen LogP contribution is -1.93. The molecule has 0 aliphatic rings. The van der Waals surface area contributed by atoms with Gasteiger partial charge < -0.3 is 9.84 Å². The van der Waals surface area contributed by atoms with Crippen molar-refractivity contribution in [3.63, 3.8) is 0 Å². The molecule has 0 radical (unpaired) electrons. The highest BCUT2D eigenvalue weighted by molar-refractivity contribution is 9.11. The largest absolute Gasteiger partial charge is 0.504 e. The van der Waals surface area contributed by atoms with Crippen LogP contribution in [0.3, 0.4) is 0 Å². The highest BCUT2D eigenvalue weighted by atomic mass is 79.9. The Morgan fingerprint density at radius 2 is 1.80 bits per heavy atom. The molecule has 1 aromatic heterocycles. The number of fused-ring (bicyclic) bond motifs is 2. The minimum atomic E-state index is 0.0893. The summed E-state index contributed by atoms with van der Waals surface area (Å²) in [7, 11) is 0. The zero-order valence-corrected chi connectivity index (χ0v) is 13.7. The van der Waals surface area contributed by atoms with Gasteiger partial charge >= 0.3 is 0 Å². The molecule has 1 heterocycles. The van der Waals surface area contributed by atoms with Crippen molar-refractivity contribution in [2.45, 2.75) is 6.92 Å². The van der Waals surface area contributed by atoms with E-state index in [-0.39, 0.29) is 5.75 Å². The summed E-state index contributed by atoms with van der Waals surface area (Å²) in [5.41, 5.74) is 2.52. The van der Waals surface area contributed by atoms with Gasteiger partial charge in [-0.1, -0.05) is 0 Å². The van der Waals surface area contributed by atoms with Crippen LogP contribution in [-0.2, 0) is 0 Å². The smallest absolute Gasteiger partial charge is 0.157 e. The molecule has 0 fully saturated rings. The molecule has 0 aliphatic carbocycles. The van der Waals surface area contributed by atoms with Crippen molar-refractivity contribution < 1.29 is 9.84 Å². The van der Waals surface area contributed by atoms with Gasteiger partial charge in [0.05, 0.1) is 22.1 Å². The Balaban J connectivity index is 2.34. The second-order valence-corrected chi connectivity index (χ2v) is 5.90. The lowest BCUT2D eigenvalue weighted by molar-refractivity contribution is 0.340. The normalized spacial score (nSPS) is 11.2. The zero-order chi connectivity index (χ0) is 14.3. The fourth-order valence-electron chi connectivity index (χ4n) is 1.98. The van der Waals surface area contributed by atoms with Crippen LogP contribution in [0.2, 0.25) is 0 Å². The number of benzene rings is 2. The maximum Gasteiger partial charge on any atom is 0.157 e. The number of phenols is 1. The molecule has 0 saturated heterocycles. The van der Waals surface area contributed by atoms with Crippen molar-refractivity contribution in [1.82, 2.24) is 9.97 Å². The molecule has 20 heavy (non-hydrogen) atoms. The van der Waals surface area contributed by atoms with Gasteiger partial charge in [0.15, 0.2) is 5.75 Å². The van der Waals surface area contributed by atoms with Crippen LogP contribution in [-0.4, -0.2) is 21.7 Å². The second kappa shape index (κ2) is 5.18. The van der Waals surface area contributed by atoms with Gasteiger partial charge in [0, 0.05) is 10.5 Å². The van der Waals surface area contributed by atoms with Gasteiger partial charge in [-0.25, -0.2) is 9.97 Å². The first-order valence-electron chi connectivity index (χ1n) is 6.01. The van der Waals surface area contributed by atoms with Crippen LogP contribution < -0.4 is 4.74 Å². The van der Waals surface area contributed by atoms with Gasteiger partial charge in [-0.15, -0.1) is 0 Å². The maximum absolute atomic E-state index is 10.1. The predicted molar refractivity (Wildman–Crippen MR) is 85.3 cm³/mol. The monoisotopic (exact) mass is 396 g/mol. The average Bonchev–Trinajstić information content (AvgIpc) is 2.44. The molecule has 3 aromatic rings. The highest BCUT2D eigenvalue weighted by Crippen LogP contribution is 2.36. The van der Waals surface area contributed by atoms with E-state index in [0.29, 0.717) is 27.6 Å². The lowest BCUT2D eigenvalue weighted by Gasteiger charge is -2.08. The van der Waals surface area contributed by atoms with Gasteiger partial charge in [0.25, 0.3) is 0 Å². The lowest BCUT2D eigenvalue weighted by atomic mass is 10.2. The molecule has 102 valence electrons. The highest BCUT2D eigenvalue weighted by Gasteiger charge is 2.13. The number of hydrogen-bond donors (Lipinski definition) is 1. The fourth-order valence-corrected chi connectivity index (χ4v) is 3.21. The van der Waals surface area contributed by atoms with Crippen LogP contribution >= 0.6 is 31.9 Å². The second-order valence-electron chi connectivity index (χ2n) is 4.19. The number of ether oxygens (including phenoxy) is 1. The first-order chi connectivity index (χ1) is 9.60. The third-order valence-corrected chi connectivity index (χ3v) is 4.09. The van der Waals surface area contributed by atoms with E-state index in [1.165, 1.54) is 0 Å². The Labute approximate surface area is 132 Å². The summed E-state index contributed by atoms with van der Waals surface area (Å²) in [4.78, 5) is 9.02. The van der Waals surface area contributed by atoms with Crippen LogP contribution in [0.25, 0.3) is 22.1 Å². The molecule has 1 N–H and O–H groups in total. The van der Waals surface area contributed by atoms with E-state index in [0.717, 1.165) is 15.7 Å². The molecule has 0 atom stereocenters. The molecule has 0 saturated carbocycles. The summed E-state index contributed by atoms with van der Waals surface area (Å²) in [5, 5.41) is 10.1. The van der Waals surface area contributed by atoms with E-state index < -0.39 is 0 Å². The van der Waals surface area contributed by atoms with E-state index >= 15 is 0 Å². The van der Waals surface area contributed by atoms with Gasteiger partial charge in [0.2, 0.25) is 0 Å². The standard InChI is InChI=1S/C14H10Br2N2O2/c1-2-20-7-3-4-10-11(5-7)18-12-8(15)6-9(16)14(19)13(12)17-10/h3-6,19H,2H2,1H3. The molecule has 0 aliphatic heterocycles. The van der Waals surface area contributed by atoms with Crippen LogP contribution in [0.5, 0.6) is 11.5 Å². The van der Waals surface area contributed by atoms with Crippen molar-refractivity contribution in [2.75, 3.05) is 6.61 Å². The minimum absolute atomic E-state index is 0.0893. The van der Waals surface area contributed by atoms with Gasteiger partial charge in [-0.05, 0) is 57.0 Å². The van der Waals surface area contributed by atoms with Crippen molar-refractivity contribution in [1.29, 1.82) is 0 Å². The van der Waals surface area contributed by atoms with Crippen LogP contribution in [0.15, 0.2) is 33.2 Å². The van der Waals surface area contributed by atoms with Crippen molar-refractivity contribution >= 4 is 53.9 Å². The van der Waals surface area contributed by atoms with E-state index in [1.54, 1.807) is 6.07 Å². The summed E-state index contributed by atoms with van der Waals surface area (Å²) < 4.78 is 6.81. The van der Waals surface area contributed by atoms with Gasteiger partial charge in [0.1, 0.15) is 16.8 Å². The van der Waals surface area contributed by atoms with Crippen LogP contribution in [0, 0.1) is 0 Å². The Hall–Kier alpha value is -1.40. The summed E-state index contributed by atoms with van der Waals surface area (Å²) in [6, 6.07) is 7.28. The molecule has 0 bridgehead atoms. The average molecular weight is 398 g/mol. The van der Waals surface area contributed by atoms with Gasteiger partial charge in [-0.3, -0.25) is 0 Å². The van der Waals surface area contributed by atoms with Crippen molar-refractivity contribution in [3.05, 3.63) is 33.2 Å². The fraction of sp³-hybridized carbons (Fsp3) is 0.143. The zero-order valence-electron chi connectivity index (χ0n) is 10.5. The molecule has 0 amide bonds. The Morgan fingerprint density at radius 3 is 2.55 bits per heavy atom. The molecule has 6 heteroatoms.